The van der Waals surface area contributed by atoms with Crippen LogP contribution in [-0.4, -0.2) is 6.54 Å². The summed E-state index contributed by atoms with van der Waals surface area (Å²) >= 11 is 3.93. The van der Waals surface area contributed by atoms with Crippen molar-refractivity contribution in [2.75, 3.05) is 6.54 Å². The third-order valence-electron chi connectivity index (χ3n) is 0.947. The number of unbranched alkanes of at least 4 members (excludes halogenated alkanes) is 2. The second-order valence-electron chi connectivity index (χ2n) is 1.69. The first-order chi connectivity index (χ1) is 3.91. The molecule has 0 amide bonds. The summed E-state index contributed by atoms with van der Waals surface area (Å²) in [4.78, 5) is 0. The number of rotatable bonds is 5. The molecule has 0 aliphatic rings. The summed E-state index contributed by atoms with van der Waals surface area (Å²) in [6.45, 7) is 3.29. The lowest BCUT2D eigenvalue weighted by Crippen LogP contribution is -2.01. The molecule has 8 heavy (non-hydrogen) atoms. The Hall–Kier alpha value is 0.660. The highest BCUT2D eigenvalue weighted by Crippen LogP contribution is 1.98. The van der Waals surface area contributed by atoms with E-state index in [0.29, 0.717) is 0 Å². The minimum atomic E-state index is 1.09. The lowest BCUT2D eigenvalue weighted by molar-refractivity contribution is 0.710. The minimum absolute atomic E-state index is 1.09. The molecule has 0 atom stereocenters. The van der Waals surface area contributed by atoms with E-state index in [9.17, 15) is 0 Å². The first-order valence-electron chi connectivity index (χ1n) is 2.95. The topological polar surface area (TPSA) is 12.0 Å². The number of nitrogens with one attached hydrogen (secondary N) is 1. The van der Waals surface area contributed by atoms with Crippen LogP contribution in [0.2, 0.25) is 0 Å². The van der Waals surface area contributed by atoms with Crippen molar-refractivity contribution in [3.63, 3.8) is 0 Å². The quantitative estimate of drug-likeness (QED) is 0.270. The van der Waals surface area contributed by atoms with Crippen molar-refractivity contribution in [3.05, 3.63) is 0 Å². The number of hydrogen-bond donors (Lipinski definition) is 2. The second-order valence-corrected chi connectivity index (χ2v) is 2.71. The van der Waals surface area contributed by atoms with Crippen molar-refractivity contribution in [1.82, 2.24) is 4.72 Å². The fraction of sp³-hybridized carbons (Fsp3) is 1.00. The first-order valence-corrected chi connectivity index (χ1v) is 4.82. The van der Waals surface area contributed by atoms with Gasteiger partial charge < -0.3 is 0 Å². The van der Waals surface area contributed by atoms with Gasteiger partial charge in [-0.3, -0.25) is 4.72 Å². The molecule has 1 nitrogen and oxygen atoms in total. The number of thiol groups is 1. The van der Waals surface area contributed by atoms with Crippen LogP contribution in [0.3, 0.4) is 0 Å². The van der Waals surface area contributed by atoms with Crippen LogP contribution >= 0.6 is 22.6 Å². The summed E-state index contributed by atoms with van der Waals surface area (Å²) in [5.74, 6) is 0. The van der Waals surface area contributed by atoms with E-state index < -0.39 is 0 Å². The van der Waals surface area contributed by atoms with Gasteiger partial charge in [0.15, 0.2) is 0 Å². The van der Waals surface area contributed by atoms with E-state index in [1.165, 1.54) is 30.2 Å². The molecule has 0 saturated heterocycles. The van der Waals surface area contributed by atoms with E-state index in [0.717, 1.165) is 6.54 Å². The van der Waals surface area contributed by atoms with Gasteiger partial charge in [0.1, 0.15) is 0 Å². The van der Waals surface area contributed by atoms with Gasteiger partial charge in [-0.15, -0.1) is 0 Å². The van der Waals surface area contributed by atoms with Crippen molar-refractivity contribution in [2.24, 2.45) is 0 Å². The van der Waals surface area contributed by atoms with E-state index in [-0.39, 0.29) is 0 Å². The van der Waals surface area contributed by atoms with E-state index >= 15 is 0 Å². The summed E-state index contributed by atoms with van der Waals surface area (Å²) in [6, 6.07) is 0. The Morgan fingerprint density at radius 3 is 2.75 bits per heavy atom. The molecule has 0 saturated carbocycles. The van der Waals surface area contributed by atoms with Gasteiger partial charge in [-0.1, -0.05) is 31.4 Å². The molecule has 0 aromatic rings. The maximum Gasteiger partial charge on any atom is 0.00663 e. The molecular weight excluding hydrogens is 138 g/mol. The van der Waals surface area contributed by atoms with Gasteiger partial charge >= 0.3 is 0 Å². The second kappa shape index (κ2) is 7.66. The van der Waals surface area contributed by atoms with Crippen molar-refractivity contribution in [1.29, 1.82) is 0 Å². The first kappa shape index (κ1) is 8.66. The van der Waals surface area contributed by atoms with Gasteiger partial charge in [0.25, 0.3) is 0 Å². The largest absolute Gasteiger partial charge is 0.255 e. The molecule has 3 heteroatoms. The Morgan fingerprint density at radius 1 is 1.50 bits per heavy atom. The summed E-state index contributed by atoms with van der Waals surface area (Å²) in [7, 11) is 1.40. The normalized spacial score (nSPS) is 9.75. The Bertz CT molecular complexity index is 35.4. The highest BCUT2D eigenvalue weighted by Gasteiger charge is 1.82. The van der Waals surface area contributed by atoms with E-state index in [4.69, 9.17) is 0 Å². The Balaban J connectivity index is 2.53. The maximum atomic E-state index is 3.93. The molecule has 1 N–H and O–H groups in total. The molecule has 0 spiro atoms. The van der Waals surface area contributed by atoms with Crippen LogP contribution in [0.15, 0.2) is 0 Å². The summed E-state index contributed by atoms with van der Waals surface area (Å²) in [6.07, 6.45) is 3.88. The van der Waals surface area contributed by atoms with Crippen LogP contribution in [0.1, 0.15) is 26.2 Å². The van der Waals surface area contributed by atoms with E-state index in [1.807, 2.05) is 0 Å². The van der Waals surface area contributed by atoms with Gasteiger partial charge in [0, 0.05) is 6.54 Å². The fourth-order valence-electron chi connectivity index (χ4n) is 0.493. The predicted octanol–water partition coefficient (Wildman–Crippen LogP) is 2.26. The fourth-order valence-corrected chi connectivity index (χ4v) is 1.00. The minimum Gasteiger partial charge on any atom is -0.255 e. The van der Waals surface area contributed by atoms with Gasteiger partial charge in [0.2, 0.25) is 0 Å². The average Bonchev–Trinajstić information content (AvgIpc) is 1.81. The van der Waals surface area contributed by atoms with Crippen LogP contribution in [0.4, 0.5) is 0 Å². The molecule has 0 radical (unpaired) electrons. The van der Waals surface area contributed by atoms with Crippen molar-refractivity contribution in [3.8, 4) is 0 Å². The zero-order valence-electron chi connectivity index (χ0n) is 5.18. The Labute approximate surface area is 60.6 Å². The molecule has 0 aromatic heterocycles. The predicted molar refractivity (Wildman–Crippen MR) is 44.1 cm³/mol. The zero-order chi connectivity index (χ0) is 6.24. The lowest BCUT2D eigenvalue weighted by atomic mass is 10.3. The molecule has 0 bridgehead atoms. The molecule has 50 valence electrons. The van der Waals surface area contributed by atoms with Crippen LogP contribution in [0.5, 0.6) is 0 Å². The third kappa shape index (κ3) is 6.66. The molecule has 0 aliphatic carbocycles. The molecule has 0 aromatic carbocycles. The van der Waals surface area contributed by atoms with Gasteiger partial charge in [-0.25, -0.2) is 0 Å². The molecule has 0 heterocycles. The monoisotopic (exact) mass is 151 g/mol. The van der Waals surface area contributed by atoms with Crippen LogP contribution < -0.4 is 4.72 Å². The number of hydrogen-bond acceptors (Lipinski definition) is 3. The summed E-state index contributed by atoms with van der Waals surface area (Å²) < 4.78 is 3.06. The molecule has 0 rings (SSSR count). The molecule has 0 unspecified atom stereocenters. The zero-order valence-corrected chi connectivity index (χ0v) is 6.89. The summed E-state index contributed by atoms with van der Waals surface area (Å²) in [5, 5.41) is 0. The smallest absolute Gasteiger partial charge is 0.00663 e. The van der Waals surface area contributed by atoms with Crippen molar-refractivity contribution >= 4 is 22.6 Å². The van der Waals surface area contributed by atoms with Crippen LogP contribution in [0.25, 0.3) is 0 Å². The van der Waals surface area contributed by atoms with E-state index in [1.54, 1.807) is 0 Å². The maximum absolute atomic E-state index is 3.93. The summed E-state index contributed by atoms with van der Waals surface area (Å²) in [5.41, 5.74) is 0. The Morgan fingerprint density at radius 2 is 2.25 bits per heavy atom. The van der Waals surface area contributed by atoms with Crippen LogP contribution in [-0.2, 0) is 0 Å². The van der Waals surface area contributed by atoms with Crippen LogP contribution in [0, 0.1) is 0 Å². The molecule has 0 fully saturated rings. The van der Waals surface area contributed by atoms with Gasteiger partial charge in [0.05, 0.1) is 0 Å². The van der Waals surface area contributed by atoms with E-state index in [2.05, 4.69) is 23.3 Å². The highest BCUT2D eigenvalue weighted by atomic mass is 33.1. The third-order valence-corrected chi connectivity index (χ3v) is 1.67. The van der Waals surface area contributed by atoms with Gasteiger partial charge in [-0.2, -0.15) is 0 Å². The Kier molecular flexibility index (Phi) is 8.29. The van der Waals surface area contributed by atoms with Gasteiger partial charge in [-0.05, 0) is 17.4 Å². The SMILES string of the molecule is CCCCCNSS. The standard InChI is InChI=1S/C5H13NS2/c1-2-3-4-5-6-8-7/h6-7H,2-5H2,1H3. The molecule has 0 aliphatic heterocycles. The van der Waals surface area contributed by atoms with Crippen molar-refractivity contribution < 1.29 is 0 Å². The lowest BCUT2D eigenvalue weighted by Gasteiger charge is -1.95. The average molecular weight is 151 g/mol. The van der Waals surface area contributed by atoms with Crippen molar-refractivity contribution in [2.45, 2.75) is 26.2 Å². The highest BCUT2D eigenvalue weighted by molar-refractivity contribution is 8.67. The molecular formula is C5H13NS2.